The number of aryl methyl sites for hydroxylation is 1. The third-order valence-electron chi connectivity index (χ3n) is 5.03. The molecule has 0 unspecified atom stereocenters. The molecule has 31 heavy (non-hydrogen) atoms. The van der Waals surface area contributed by atoms with E-state index in [0.717, 1.165) is 11.1 Å². The van der Waals surface area contributed by atoms with Crippen molar-refractivity contribution in [1.29, 1.82) is 0 Å². The zero-order valence-electron chi connectivity index (χ0n) is 17.4. The van der Waals surface area contributed by atoms with Gasteiger partial charge in [-0.15, -0.1) is 5.10 Å². The quantitative estimate of drug-likeness (QED) is 0.506. The normalized spacial score (nSPS) is 14.6. The van der Waals surface area contributed by atoms with Crippen LogP contribution in [0, 0.1) is 6.92 Å². The molecule has 0 saturated heterocycles. The molecule has 3 aromatic carbocycles. The van der Waals surface area contributed by atoms with Gasteiger partial charge in [-0.2, -0.15) is 5.10 Å². The van der Waals surface area contributed by atoms with Gasteiger partial charge < -0.3 is 5.32 Å². The Morgan fingerprint density at radius 2 is 1.61 bits per heavy atom. The number of nitrogens with one attached hydrogen (secondary N) is 1. The Balaban J connectivity index is 1.57. The molecule has 0 radical (unpaired) electrons. The van der Waals surface area contributed by atoms with Crippen molar-refractivity contribution in [2.75, 3.05) is 16.8 Å². The van der Waals surface area contributed by atoms with Crippen LogP contribution in [0.1, 0.15) is 23.6 Å². The van der Waals surface area contributed by atoms with E-state index in [1.54, 1.807) is 0 Å². The maximum absolute atomic E-state index is 13.1. The average Bonchev–Trinajstić information content (AvgIpc) is 3.05. The Morgan fingerprint density at radius 3 is 2.35 bits per heavy atom. The predicted octanol–water partition coefficient (Wildman–Crippen LogP) is 4.19. The summed E-state index contributed by atoms with van der Waals surface area (Å²) in [7, 11) is 0. The fraction of sp³-hybridized carbons (Fsp3) is 0.120. The van der Waals surface area contributed by atoms with Crippen LogP contribution in [0.4, 0.5) is 11.4 Å². The number of fused-ring (bicyclic) bond motifs is 1. The number of carbonyl (C=O) groups is 2. The van der Waals surface area contributed by atoms with Gasteiger partial charge in [-0.05, 0) is 37.6 Å². The summed E-state index contributed by atoms with van der Waals surface area (Å²) in [6.45, 7) is 3.72. The summed E-state index contributed by atoms with van der Waals surface area (Å²) in [5.41, 5.74) is 4.97. The fourth-order valence-electron chi connectivity index (χ4n) is 3.36. The van der Waals surface area contributed by atoms with E-state index < -0.39 is 0 Å². The topological polar surface area (TPSA) is 74.1 Å². The number of nitrogens with zero attached hydrogens (tertiary/aromatic N) is 3. The van der Waals surface area contributed by atoms with Crippen molar-refractivity contribution in [2.45, 2.75) is 13.8 Å². The fourth-order valence-corrected chi connectivity index (χ4v) is 3.36. The molecule has 6 nitrogen and oxygen atoms in total. The van der Waals surface area contributed by atoms with Crippen molar-refractivity contribution in [2.24, 2.45) is 10.2 Å². The van der Waals surface area contributed by atoms with Crippen molar-refractivity contribution < 1.29 is 9.59 Å². The highest BCUT2D eigenvalue weighted by molar-refractivity contribution is 6.54. The highest BCUT2D eigenvalue weighted by Gasteiger charge is 2.35. The molecule has 0 fully saturated rings. The van der Waals surface area contributed by atoms with Gasteiger partial charge in [0.25, 0.3) is 5.91 Å². The van der Waals surface area contributed by atoms with Gasteiger partial charge in [0.1, 0.15) is 6.54 Å². The Morgan fingerprint density at radius 1 is 0.935 bits per heavy atom. The first-order valence-electron chi connectivity index (χ1n) is 9.98. The summed E-state index contributed by atoms with van der Waals surface area (Å²) in [4.78, 5) is 27.1. The minimum Gasteiger partial charge on any atom is -0.325 e. The van der Waals surface area contributed by atoms with Crippen LogP contribution in [0.15, 0.2) is 89.1 Å². The first-order chi connectivity index (χ1) is 15.0. The van der Waals surface area contributed by atoms with Gasteiger partial charge in [0.05, 0.1) is 11.4 Å². The van der Waals surface area contributed by atoms with Crippen LogP contribution in [0.25, 0.3) is 0 Å². The molecule has 1 heterocycles. The molecule has 154 valence electrons. The van der Waals surface area contributed by atoms with Gasteiger partial charge >= 0.3 is 0 Å². The lowest BCUT2D eigenvalue weighted by Crippen LogP contribution is -2.37. The molecule has 1 aliphatic heterocycles. The van der Waals surface area contributed by atoms with E-state index in [9.17, 15) is 9.59 Å². The van der Waals surface area contributed by atoms with Gasteiger partial charge in [0.2, 0.25) is 5.91 Å². The lowest BCUT2D eigenvalue weighted by molar-refractivity contribution is -0.118. The van der Waals surface area contributed by atoms with Gasteiger partial charge in [-0.25, -0.2) is 0 Å². The number of anilines is 2. The SMILES string of the molecule is CC(=NN=C1C(=O)N(CC(=O)Nc2ccc(C)cc2)c2ccccc21)c1ccccc1. The summed E-state index contributed by atoms with van der Waals surface area (Å²) in [6, 6.07) is 24.5. The van der Waals surface area contributed by atoms with Crippen LogP contribution < -0.4 is 10.2 Å². The Bertz CT molecular complexity index is 1180. The minimum absolute atomic E-state index is 0.107. The molecular weight excluding hydrogens is 388 g/mol. The van der Waals surface area contributed by atoms with E-state index in [2.05, 4.69) is 15.5 Å². The van der Waals surface area contributed by atoms with Crippen LogP contribution in [-0.2, 0) is 9.59 Å². The van der Waals surface area contributed by atoms with Crippen molar-refractivity contribution in [1.82, 2.24) is 0 Å². The molecule has 0 bridgehead atoms. The maximum Gasteiger partial charge on any atom is 0.279 e. The molecule has 0 aromatic heterocycles. The van der Waals surface area contributed by atoms with Crippen molar-refractivity contribution >= 4 is 34.6 Å². The van der Waals surface area contributed by atoms with Crippen LogP contribution in [-0.4, -0.2) is 29.8 Å². The molecule has 0 aliphatic carbocycles. The largest absolute Gasteiger partial charge is 0.325 e. The Kier molecular flexibility index (Phi) is 5.71. The van der Waals surface area contributed by atoms with Crippen LogP contribution >= 0.6 is 0 Å². The average molecular weight is 410 g/mol. The standard InChI is InChI=1S/C25H22N4O2/c1-17-12-14-20(15-13-17)26-23(30)16-29-22-11-7-6-10-21(22)24(25(29)31)28-27-18(2)19-8-4-3-5-9-19/h3-15H,16H2,1-2H3,(H,26,30). The highest BCUT2D eigenvalue weighted by atomic mass is 16.2. The molecule has 6 heteroatoms. The van der Waals surface area contributed by atoms with Gasteiger partial charge in [-0.1, -0.05) is 66.2 Å². The monoisotopic (exact) mass is 410 g/mol. The van der Waals surface area contributed by atoms with E-state index in [0.29, 0.717) is 22.6 Å². The molecule has 0 spiro atoms. The molecule has 0 atom stereocenters. The molecule has 1 aliphatic rings. The number of amides is 2. The second-order valence-corrected chi connectivity index (χ2v) is 7.32. The van der Waals surface area contributed by atoms with E-state index in [1.807, 2.05) is 92.7 Å². The van der Waals surface area contributed by atoms with Crippen molar-refractivity contribution in [3.8, 4) is 0 Å². The smallest absolute Gasteiger partial charge is 0.279 e. The van der Waals surface area contributed by atoms with Crippen molar-refractivity contribution in [3.05, 3.63) is 95.6 Å². The second kappa shape index (κ2) is 8.75. The summed E-state index contributed by atoms with van der Waals surface area (Å²) in [5, 5.41) is 11.4. The van der Waals surface area contributed by atoms with Gasteiger partial charge in [0.15, 0.2) is 5.71 Å². The van der Waals surface area contributed by atoms with Crippen molar-refractivity contribution in [3.63, 3.8) is 0 Å². The third-order valence-corrected chi connectivity index (χ3v) is 5.03. The van der Waals surface area contributed by atoms with E-state index in [-0.39, 0.29) is 24.1 Å². The molecular formula is C25H22N4O2. The summed E-state index contributed by atoms with van der Waals surface area (Å²) in [6.07, 6.45) is 0. The summed E-state index contributed by atoms with van der Waals surface area (Å²) in [5.74, 6) is -0.623. The highest BCUT2D eigenvalue weighted by Crippen LogP contribution is 2.29. The number of carbonyl (C=O) groups excluding carboxylic acids is 2. The van der Waals surface area contributed by atoms with E-state index in [1.165, 1.54) is 4.90 Å². The second-order valence-electron chi connectivity index (χ2n) is 7.32. The van der Waals surface area contributed by atoms with Crippen LogP contribution in [0.3, 0.4) is 0 Å². The predicted molar refractivity (Wildman–Crippen MR) is 124 cm³/mol. The molecule has 0 saturated carbocycles. The van der Waals surface area contributed by atoms with Crippen LogP contribution in [0.5, 0.6) is 0 Å². The number of benzene rings is 3. The van der Waals surface area contributed by atoms with Crippen LogP contribution in [0.2, 0.25) is 0 Å². The Labute approximate surface area is 180 Å². The molecule has 2 amide bonds. The summed E-state index contributed by atoms with van der Waals surface area (Å²) >= 11 is 0. The number of hydrogen-bond acceptors (Lipinski definition) is 4. The Hall–Kier alpha value is -4.06. The zero-order chi connectivity index (χ0) is 21.8. The maximum atomic E-state index is 13.1. The number of rotatable bonds is 5. The number of para-hydroxylation sites is 1. The van der Waals surface area contributed by atoms with E-state index >= 15 is 0 Å². The third kappa shape index (κ3) is 4.43. The number of hydrogen-bond donors (Lipinski definition) is 1. The first kappa shape index (κ1) is 20.2. The lowest BCUT2D eigenvalue weighted by Gasteiger charge is -2.16. The minimum atomic E-state index is -0.343. The first-order valence-corrected chi connectivity index (χ1v) is 9.98. The molecule has 3 aromatic rings. The lowest BCUT2D eigenvalue weighted by atomic mass is 10.1. The van der Waals surface area contributed by atoms with Gasteiger partial charge in [0, 0.05) is 11.3 Å². The molecule has 1 N–H and O–H groups in total. The summed E-state index contributed by atoms with van der Waals surface area (Å²) < 4.78 is 0. The van der Waals surface area contributed by atoms with Gasteiger partial charge in [-0.3, -0.25) is 14.5 Å². The van der Waals surface area contributed by atoms with E-state index in [4.69, 9.17) is 0 Å². The zero-order valence-corrected chi connectivity index (χ0v) is 17.4. The molecule has 4 rings (SSSR count).